The predicted molar refractivity (Wildman–Crippen MR) is 68.5 cm³/mol. The van der Waals surface area contributed by atoms with E-state index >= 15 is 0 Å². The van der Waals surface area contributed by atoms with E-state index in [0.29, 0.717) is 19.5 Å². The van der Waals surface area contributed by atoms with Gasteiger partial charge in [0, 0.05) is 12.6 Å². The van der Waals surface area contributed by atoms with E-state index in [0.717, 1.165) is 6.07 Å². The van der Waals surface area contributed by atoms with E-state index in [-0.39, 0.29) is 11.6 Å². The van der Waals surface area contributed by atoms with Crippen molar-refractivity contribution in [3.05, 3.63) is 35.4 Å². The lowest BCUT2D eigenvalue weighted by atomic mass is 10.1. The molecule has 1 aliphatic heterocycles. The summed E-state index contributed by atoms with van der Waals surface area (Å²) in [6.45, 7) is 1.20. The molecule has 1 unspecified atom stereocenters. The summed E-state index contributed by atoms with van der Waals surface area (Å²) in [5.41, 5.74) is -1.15. The van der Waals surface area contributed by atoms with Crippen LogP contribution >= 0.6 is 0 Å². The molecule has 0 spiro atoms. The van der Waals surface area contributed by atoms with Crippen molar-refractivity contribution in [2.45, 2.75) is 24.4 Å². The van der Waals surface area contributed by atoms with Gasteiger partial charge in [-0.1, -0.05) is 18.2 Å². The van der Waals surface area contributed by atoms with E-state index in [1.807, 2.05) is 0 Å². The maximum absolute atomic E-state index is 12.8. The molecule has 112 valence electrons. The van der Waals surface area contributed by atoms with Crippen molar-refractivity contribution in [2.75, 3.05) is 13.1 Å². The van der Waals surface area contributed by atoms with Gasteiger partial charge in [0.1, 0.15) is 0 Å². The zero-order chi connectivity index (χ0) is 14.8. The molecule has 1 heterocycles. The smallest absolute Gasteiger partial charge is 0.315 e. The van der Waals surface area contributed by atoms with Crippen molar-refractivity contribution in [1.82, 2.24) is 10.0 Å². The van der Waals surface area contributed by atoms with Gasteiger partial charge in [-0.05, 0) is 24.6 Å². The number of sulfonamides is 1. The molecular weight excluding hydrogens is 293 g/mol. The summed E-state index contributed by atoms with van der Waals surface area (Å²) in [6, 6.07) is 4.47. The number of rotatable bonds is 4. The molecule has 0 aliphatic carbocycles. The maximum atomic E-state index is 12.8. The highest BCUT2D eigenvalue weighted by molar-refractivity contribution is 7.88. The molecule has 4 nitrogen and oxygen atoms in total. The number of hydrogen-bond acceptors (Lipinski definition) is 3. The zero-order valence-corrected chi connectivity index (χ0v) is 11.4. The number of nitrogens with one attached hydrogen (secondary N) is 2. The average Bonchev–Trinajstić information content (AvgIpc) is 2.79. The van der Waals surface area contributed by atoms with Gasteiger partial charge < -0.3 is 5.32 Å². The zero-order valence-electron chi connectivity index (χ0n) is 10.6. The van der Waals surface area contributed by atoms with E-state index in [1.54, 1.807) is 0 Å². The molecule has 1 aliphatic rings. The second kappa shape index (κ2) is 5.71. The Morgan fingerprint density at radius 1 is 1.30 bits per heavy atom. The van der Waals surface area contributed by atoms with Gasteiger partial charge in [0.25, 0.3) is 0 Å². The average molecular weight is 308 g/mol. The number of hydrogen-bond donors (Lipinski definition) is 2. The van der Waals surface area contributed by atoms with E-state index in [4.69, 9.17) is 0 Å². The van der Waals surface area contributed by atoms with Gasteiger partial charge in [0.15, 0.2) is 0 Å². The summed E-state index contributed by atoms with van der Waals surface area (Å²) >= 11 is 0. The summed E-state index contributed by atoms with van der Waals surface area (Å²) in [5, 5.41) is 2.99. The first-order valence-corrected chi connectivity index (χ1v) is 7.79. The number of halogens is 3. The maximum Gasteiger partial charge on any atom is 0.416 e. The van der Waals surface area contributed by atoms with Crippen molar-refractivity contribution in [3.8, 4) is 0 Å². The molecule has 0 radical (unpaired) electrons. The van der Waals surface area contributed by atoms with Gasteiger partial charge in [0.05, 0.1) is 11.3 Å². The van der Waals surface area contributed by atoms with E-state index in [2.05, 4.69) is 10.0 Å². The quantitative estimate of drug-likeness (QED) is 0.886. The van der Waals surface area contributed by atoms with E-state index in [9.17, 15) is 21.6 Å². The van der Waals surface area contributed by atoms with Crippen molar-refractivity contribution in [3.63, 3.8) is 0 Å². The van der Waals surface area contributed by atoms with Crippen molar-refractivity contribution < 1.29 is 21.6 Å². The van der Waals surface area contributed by atoms with Crippen LogP contribution in [0.4, 0.5) is 13.2 Å². The van der Waals surface area contributed by atoms with Crippen LogP contribution < -0.4 is 10.0 Å². The van der Waals surface area contributed by atoms with Crippen LogP contribution in [0.5, 0.6) is 0 Å². The minimum Gasteiger partial charge on any atom is -0.315 e. The summed E-state index contributed by atoms with van der Waals surface area (Å²) < 4.78 is 64.7. The lowest BCUT2D eigenvalue weighted by Gasteiger charge is -2.15. The molecular formula is C12H15F3N2O2S. The van der Waals surface area contributed by atoms with Crippen LogP contribution in [0.3, 0.4) is 0 Å². The fourth-order valence-electron chi connectivity index (χ4n) is 2.18. The molecule has 1 fully saturated rings. The highest BCUT2D eigenvalue weighted by atomic mass is 32.2. The van der Waals surface area contributed by atoms with E-state index < -0.39 is 27.5 Å². The highest BCUT2D eigenvalue weighted by Crippen LogP contribution is 2.32. The molecule has 0 bridgehead atoms. The Morgan fingerprint density at radius 2 is 2.00 bits per heavy atom. The lowest BCUT2D eigenvalue weighted by molar-refractivity contribution is -0.138. The molecule has 0 amide bonds. The molecule has 2 N–H and O–H groups in total. The van der Waals surface area contributed by atoms with E-state index in [1.165, 1.54) is 18.2 Å². The predicted octanol–water partition coefficient (Wildman–Crippen LogP) is 1.49. The molecule has 20 heavy (non-hydrogen) atoms. The Labute approximate surface area is 115 Å². The Kier molecular flexibility index (Phi) is 4.36. The number of benzene rings is 1. The van der Waals surface area contributed by atoms with Gasteiger partial charge in [-0.15, -0.1) is 0 Å². The summed E-state index contributed by atoms with van der Waals surface area (Å²) in [6.07, 6.45) is -3.92. The third kappa shape index (κ3) is 3.94. The second-order valence-electron chi connectivity index (χ2n) is 4.72. The van der Waals surface area contributed by atoms with Gasteiger partial charge in [-0.3, -0.25) is 0 Å². The summed E-state index contributed by atoms with van der Waals surface area (Å²) in [7, 11) is -3.79. The molecule has 1 saturated heterocycles. The highest BCUT2D eigenvalue weighted by Gasteiger charge is 2.34. The molecule has 8 heteroatoms. The SMILES string of the molecule is O=S(=O)(Cc1ccccc1C(F)(F)F)NC1CCNC1. The Bertz CT molecular complexity index is 566. The molecule has 2 rings (SSSR count). The van der Waals surface area contributed by atoms with Crippen LogP contribution in [0.2, 0.25) is 0 Å². The molecule has 1 atom stereocenters. The first-order chi connectivity index (χ1) is 9.28. The van der Waals surface area contributed by atoms with Crippen molar-refractivity contribution in [2.24, 2.45) is 0 Å². The van der Waals surface area contributed by atoms with Crippen LogP contribution in [0.25, 0.3) is 0 Å². The fourth-order valence-corrected chi connectivity index (χ4v) is 3.63. The third-order valence-electron chi connectivity index (χ3n) is 3.07. The summed E-state index contributed by atoms with van der Waals surface area (Å²) in [4.78, 5) is 0. The second-order valence-corrected chi connectivity index (χ2v) is 6.48. The summed E-state index contributed by atoms with van der Waals surface area (Å²) in [5.74, 6) is -0.667. The van der Waals surface area contributed by atoms with Crippen LogP contribution in [0.1, 0.15) is 17.5 Å². The third-order valence-corrected chi connectivity index (χ3v) is 4.46. The van der Waals surface area contributed by atoms with Gasteiger partial charge in [-0.25, -0.2) is 13.1 Å². The van der Waals surface area contributed by atoms with Gasteiger partial charge in [-0.2, -0.15) is 13.2 Å². The first-order valence-electron chi connectivity index (χ1n) is 6.14. The molecule has 1 aromatic rings. The molecule has 1 aromatic carbocycles. The molecule has 0 aromatic heterocycles. The van der Waals surface area contributed by atoms with Crippen LogP contribution in [-0.4, -0.2) is 27.5 Å². The normalized spacial score (nSPS) is 20.2. The Morgan fingerprint density at radius 3 is 2.60 bits per heavy atom. The Hall–Kier alpha value is -1.12. The fraction of sp³-hybridized carbons (Fsp3) is 0.500. The van der Waals surface area contributed by atoms with Crippen molar-refractivity contribution in [1.29, 1.82) is 0 Å². The van der Waals surface area contributed by atoms with Crippen molar-refractivity contribution >= 4 is 10.0 Å². The largest absolute Gasteiger partial charge is 0.416 e. The first kappa shape index (κ1) is 15.3. The van der Waals surface area contributed by atoms with Gasteiger partial charge >= 0.3 is 6.18 Å². The lowest BCUT2D eigenvalue weighted by Crippen LogP contribution is -2.37. The number of alkyl halides is 3. The topological polar surface area (TPSA) is 58.2 Å². The van der Waals surface area contributed by atoms with Crippen LogP contribution in [0, 0.1) is 0 Å². The minimum atomic E-state index is -4.55. The minimum absolute atomic E-state index is 0.238. The van der Waals surface area contributed by atoms with Gasteiger partial charge in [0.2, 0.25) is 10.0 Å². The van der Waals surface area contributed by atoms with Crippen LogP contribution in [0.15, 0.2) is 24.3 Å². The monoisotopic (exact) mass is 308 g/mol. The van der Waals surface area contributed by atoms with Crippen LogP contribution in [-0.2, 0) is 22.0 Å². The molecule has 0 saturated carbocycles. The Balaban J connectivity index is 2.16. The standard InChI is InChI=1S/C12H15F3N2O2S/c13-12(14,15)11-4-2-1-3-9(11)8-20(18,19)17-10-5-6-16-7-10/h1-4,10,16-17H,5-8H2.